The number of hydrogen-bond donors (Lipinski definition) is 2. The van der Waals surface area contributed by atoms with E-state index in [2.05, 4.69) is 0 Å². The zero-order chi connectivity index (χ0) is 17.4. The molecule has 2 aliphatic rings. The maximum atomic E-state index is 13.0. The number of aliphatic hydroxyl groups is 1. The fourth-order valence-electron chi connectivity index (χ4n) is 3.72. The van der Waals surface area contributed by atoms with E-state index in [1.54, 1.807) is 0 Å². The van der Waals surface area contributed by atoms with Gasteiger partial charge in [0, 0.05) is 31.5 Å². The Morgan fingerprint density at radius 1 is 1.29 bits per heavy atom. The highest BCUT2D eigenvalue weighted by Gasteiger charge is 2.56. The van der Waals surface area contributed by atoms with Crippen molar-refractivity contribution >= 4 is 10.0 Å². The van der Waals surface area contributed by atoms with Crippen molar-refractivity contribution in [3.8, 4) is 0 Å². The highest BCUT2D eigenvalue weighted by Crippen LogP contribution is 2.51. The predicted octanol–water partition coefficient (Wildman–Crippen LogP) is 0.705. The zero-order valence-electron chi connectivity index (χ0n) is 13.4. The summed E-state index contributed by atoms with van der Waals surface area (Å²) in [6.45, 7) is 1.50. The quantitative estimate of drug-likeness (QED) is 0.808. The molecule has 3 rings (SSSR count). The Morgan fingerprint density at radius 2 is 1.92 bits per heavy atom. The first-order valence-electron chi connectivity index (χ1n) is 8.15. The van der Waals surface area contributed by atoms with Gasteiger partial charge in [0.25, 0.3) is 0 Å². The molecule has 24 heavy (non-hydrogen) atoms. The Morgan fingerprint density at radius 3 is 2.46 bits per heavy atom. The molecule has 134 valence electrons. The summed E-state index contributed by atoms with van der Waals surface area (Å²) in [6, 6.07) is 4.84. The van der Waals surface area contributed by atoms with Crippen LogP contribution < -0.4 is 5.73 Å². The highest BCUT2D eigenvalue weighted by molar-refractivity contribution is 7.89. The van der Waals surface area contributed by atoms with Crippen LogP contribution in [0.2, 0.25) is 0 Å². The molecule has 0 bridgehead atoms. The van der Waals surface area contributed by atoms with E-state index in [1.807, 2.05) is 0 Å². The van der Waals surface area contributed by atoms with Crippen LogP contribution in [0, 0.1) is 11.2 Å². The zero-order valence-corrected chi connectivity index (χ0v) is 14.2. The van der Waals surface area contributed by atoms with Crippen LogP contribution in [0.5, 0.6) is 0 Å². The maximum Gasteiger partial charge on any atom is 0.243 e. The lowest BCUT2D eigenvalue weighted by atomic mass is 9.58. The van der Waals surface area contributed by atoms with Gasteiger partial charge in [-0.3, -0.25) is 0 Å². The minimum absolute atomic E-state index is 0.0632. The van der Waals surface area contributed by atoms with Crippen LogP contribution in [0.15, 0.2) is 29.2 Å². The largest absolute Gasteiger partial charge is 0.392 e. The van der Waals surface area contributed by atoms with E-state index in [0.717, 1.165) is 12.1 Å². The van der Waals surface area contributed by atoms with Crippen LogP contribution in [0.3, 0.4) is 0 Å². The lowest BCUT2D eigenvalue weighted by Gasteiger charge is -2.56. The molecule has 0 aromatic heterocycles. The SMILES string of the molecule is NCCO[C@H]1C[C@@H](O)C12CCN(S(=O)(=O)c1ccc(F)cc1)CC2. The van der Waals surface area contributed by atoms with E-state index in [1.165, 1.54) is 16.4 Å². The average Bonchev–Trinajstić information content (AvgIpc) is 2.59. The van der Waals surface area contributed by atoms with Gasteiger partial charge in [-0.1, -0.05) is 0 Å². The van der Waals surface area contributed by atoms with Gasteiger partial charge in [-0.25, -0.2) is 12.8 Å². The average molecular weight is 358 g/mol. The third-order valence-electron chi connectivity index (χ3n) is 5.28. The van der Waals surface area contributed by atoms with Crippen molar-refractivity contribution in [2.24, 2.45) is 11.1 Å². The second-order valence-electron chi connectivity index (χ2n) is 6.49. The number of aliphatic hydroxyl groups excluding tert-OH is 1. The van der Waals surface area contributed by atoms with E-state index >= 15 is 0 Å². The molecule has 1 aromatic rings. The number of halogens is 1. The summed E-state index contributed by atoms with van der Waals surface area (Å²) in [5.74, 6) is -0.468. The van der Waals surface area contributed by atoms with Crippen molar-refractivity contribution < 1.29 is 22.7 Å². The number of nitrogens with zero attached hydrogens (tertiary/aromatic N) is 1. The molecule has 1 heterocycles. The van der Waals surface area contributed by atoms with Gasteiger partial charge in [-0.05, 0) is 37.1 Å². The van der Waals surface area contributed by atoms with E-state index in [4.69, 9.17) is 10.5 Å². The number of nitrogens with two attached hydrogens (primary N) is 1. The molecule has 1 saturated carbocycles. The van der Waals surface area contributed by atoms with Gasteiger partial charge in [-0.2, -0.15) is 4.31 Å². The minimum atomic E-state index is -3.64. The molecule has 0 radical (unpaired) electrons. The first-order valence-corrected chi connectivity index (χ1v) is 9.59. The number of ether oxygens (including phenoxy) is 1. The fourth-order valence-corrected chi connectivity index (χ4v) is 5.17. The molecule has 6 nitrogen and oxygen atoms in total. The third kappa shape index (κ3) is 2.97. The summed E-state index contributed by atoms with van der Waals surface area (Å²) in [7, 11) is -3.64. The Bertz CT molecular complexity index is 672. The molecule has 0 unspecified atom stereocenters. The Labute approximate surface area is 141 Å². The maximum absolute atomic E-state index is 13.0. The monoisotopic (exact) mass is 358 g/mol. The van der Waals surface area contributed by atoms with Crippen molar-refractivity contribution in [3.05, 3.63) is 30.1 Å². The van der Waals surface area contributed by atoms with E-state index in [9.17, 15) is 17.9 Å². The van der Waals surface area contributed by atoms with Crippen LogP contribution in [0.25, 0.3) is 0 Å². The molecule has 2 fully saturated rings. The Balaban J connectivity index is 1.69. The van der Waals surface area contributed by atoms with Crippen molar-refractivity contribution in [1.29, 1.82) is 0 Å². The summed E-state index contributed by atoms with van der Waals surface area (Å²) in [5, 5.41) is 10.2. The standard InChI is InChI=1S/C16H23FN2O4S/c17-12-1-3-13(4-2-12)24(21,22)19-8-5-16(6-9-19)14(20)11-15(16)23-10-7-18/h1-4,14-15,20H,5-11,18H2/t14-,15+/m1/s1. The van der Waals surface area contributed by atoms with Gasteiger partial charge in [0.2, 0.25) is 10.0 Å². The van der Waals surface area contributed by atoms with Crippen LogP contribution in [0.4, 0.5) is 4.39 Å². The molecule has 1 aliphatic heterocycles. The number of benzene rings is 1. The van der Waals surface area contributed by atoms with Crippen molar-refractivity contribution in [1.82, 2.24) is 4.31 Å². The third-order valence-corrected chi connectivity index (χ3v) is 7.20. The molecule has 0 amide bonds. The number of sulfonamides is 1. The topological polar surface area (TPSA) is 92.9 Å². The Kier molecular flexibility index (Phi) is 4.94. The van der Waals surface area contributed by atoms with E-state index < -0.39 is 21.9 Å². The van der Waals surface area contributed by atoms with Gasteiger partial charge < -0.3 is 15.6 Å². The summed E-state index contributed by atoms with van der Waals surface area (Å²) < 4.78 is 45.4. The van der Waals surface area contributed by atoms with Gasteiger partial charge >= 0.3 is 0 Å². The van der Waals surface area contributed by atoms with Gasteiger partial charge in [-0.15, -0.1) is 0 Å². The number of piperidine rings is 1. The molecule has 8 heteroatoms. The number of rotatable bonds is 5. The molecule has 1 aliphatic carbocycles. The van der Waals surface area contributed by atoms with Crippen molar-refractivity contribution in [2.75, 3.05) is 26.2 Å². The minimum Gasteiger partial charge on any atom is -0.392 e. The molecule has 3 N–H and O–H groups in total. The van der Waals surface area contributed by atoms with Gasteiger partial charge in [0.15, 0.2) is 0 Å². The summed E-state index contributed by atoms with van der Waals surface area (Å²) in [5.41, 5.74) is 5.09. The van der Waals surface area contributed by atoms with Gasteiger partial charge in [0.05, 0.1) is 23.7 Å². The molecule has 1 saturated heterocycles. The summed E-state index contributed by atoms with van der Waals surface area (Å²) >= 11 is 0. The normalized spacial score (nSPS) is 27.1. The molecule has 2 atom stereocenters. The number of hydrogen-bond acceptors (Lipinski definition) is 5. The van der Waals surface area contributed by atoms with Crippen LogP contribution in [-0.4, -0.2) is 56.3 Å². The van der Waals surface area contributed by atoms with Crippen LogP contribution >= 0.6 is 0 Å². The second kappa shape index (κ2) is 6.68. The highest BCUT2D eigenvalue weighted by atomic mass is 32.2. The smallest absolute Gasteiger partial charge is 0.243 e. The second-order valence-corrected chi connectivity index (χ2v) is 8.43. The van der Waals surface area contributed by atoms with Crippen LogP contribution in [0.1, 0.15) is 19.3 Å². The molecule has 1 aromatic carbocycles. The summed E-state index contributed by atoms with van der Waals surface area (Å²) in [6.07, 6.45) is 1.14. The first-order chi connectivity index (χ1) is 11.4. The molecular formula is C16H23FN2O4S. The van der Waals surface area contributed by atoms with Crippen molar-refractivity contribution in [3.63, 3.8) is 0 Å². The lowest BCUT2D eigenvalue weighted by Crippen LogP contribution is -2.62. The van der Waals surface area contributed by atoms with E-state index in [0.29, 0.717) is 45.5 Å². The Hall–Kier alpha value is -1.06. The predicted molar refractivity (Wildman–Crippen MR) is 86.2 cm³/mol. The first kappa shape index (κ1) is 17.8. The lowest BCUT2D eigenvalue weighted by molar-refractivity contribution is -0.206. The molecule has 1 spiro atoms. The molecular weight excluding hydrogens is 335 g/mol. The van der Waals surface area contributed by atoms with Gasteiger partial charge in [0.1, 0.15) is 5.82 Å². The summed E-state index contributed by atoms with van der Waals surface area (Å²) in [4.78, 5) is 0.0879. The van der Waals surface area contributed by atoms with E-state index in [-0.39, 0.29) is 16.4 Å². The fraction of sp³-hybridized carbons (Fsp3) is 0.625. The van der Waals surface area contributed by atoms with Crippen molar-refractivity contribution in [2.45, 2.75) is 36.4 Å². The van der Waals surface area contributed by atoms with Crippen LogP contribution in [-0.2, 0) is 14.8 Å².